The van der Waals surface area contributed by atoms with Crippen LogP contribution in [0.4, 0.5) is 13.2 Å². The van der Waals surface area contributed by atoms with E-state index in [9.17, 15) is 27.9 Å². The molecule has 0 spiro atoms. The Morgan fingerprint density at radius 2 is 2.11 bits per heavy atom. The van der Waals surface area contributed by atoms with E-state index in [4.69, 9.17) is 0 Å². The van der Waals surface area contributed by atoms with E-state index in [0.717, 1.165) is 0 Å². The number of nitrogens with zero attached hydrogens (tertiary/aromatic N) is 2. The third-order valence-corrected chi connectivity index (χ3v) is 5.54. The number of alkyl halides is 3. The quantitative estimate of drug-likeness (QED) is 0.772. The first-order chi connectivity index (χ1) is 12.8. The Labute approximate surface area is 155 Å². The van der Waals surface area contributed by atoms with Gasteiger partial charge >= 0.3 is 6.18 Å². The van der Waals surface area contributed by atoms with Crippen LogP contribution in [0.25, 0.3) is 0 Å². The normalized spacial score (nSPS) is 27.4. The van der Waals surface area contributed by atoms with Gasteiger partial charge < -0.3 is 15.0 Å². The van der Waals surface area contributed by atoms with E-state index in [-0.39, 0.29) is 30.5 Å². The van der Waals surface area contributed by atoms with Crippen molar-refractivity contribution < 1.29 is 23.1 Å². The summed E-state index contributed by atoms with van der Waals surface area (Å²) in [6.45, 7) is 1.93. The Morgan fingerprint density at radius 3 is 2.74 bits per heavy atom. The van der Waals surface area contributed by atoms with Gasteiger partial charge in [0.15, 0.2) is 0 Å². The van der Waals surface area contributed by atoms with Crippen LogP contribution in [0.5, 0.6) is 0 Å². The molecule has 0 aliphatic carbocycles. The van der Waals surface area contributed by atoms with Gasteiger partial charge in [0.2, 0.25) is 5.91 Å². The summed E-state index contributed by atoms with van der Waals surface area (Å²) in [6.07, 6.45) is -4.70. The third-order valence-electron chi connectivity index (χ3n) is 5.54. The lowest BCUT2D eigenvalue weighted by molar-refractivity contribution is -0.143. The van der Waals surface area contributed by atoms with Crippen molar-refractivity contribution >= 4 is 5.91 Å². The lowest BCUT2D eigenvalue weighted by Crippen LogP contribution is -2.49. The number of carbonyl (C=O) groups excluding carboxylic acids is 1. The maximum absolute atomic E-state index is 12.9. The fourth-order valence-corrected chi connectivity index (χ4v) is 4.43. The predicted octanol–water partition coefficient (Wildman–Crippen LogP) is 1.29. The van der Waals surface area contributed by atoms with Gasteiger partial charge in [-0.2, -0.15) is 13.2 Å². The zero-order chi connectivity index (χ0) is 19.8. The first-order valence-electron chi connectivity index (χ1n) is 9.19. The van der Waals surface area contributed by atoms with Crippen LogP contribution in [0.3, 0.4) is 0 Å². The van der Waals surface area contributed by atoms with E-state index in [2.05, 4.69) is 5.32 Å². The SMILES string of the molecule is CCCNC(=O)[C@@H]1[C@@H](CO)[C@@H]2Cn3c(cccc3=O)[C@@H]2N1CCC(F)(F)F. The van der Waals surface area contributed by atoms with Crippen LogP contribution in [-0.2, 0) is 11.3 Å². The predicted molar refractivity (Wildman–Crippen MR) is 92.0 cm³/mol. The van der Waals surface area contributed by atoms with E-state index in [1.807, 2.05) is 6.92 Å². The highest BCUT2D eigenvalue weighted by Crippen LogP contribution is 2.49. The van der Waals surface area contributed by atoms with E-state index in [1.54, 1.807) is 16.7 Å². The van der Waals surface area contributed by atoms with Crippen LogP contribution >= 0.6 is 0 Å². The molecule has 3 rings (SSSR count). The minimum absolute atomic E-state index is 0.221. The molecule has 4 atom stereocenters. The highest BCUT2D eigenvalue weighted by Gasteiger charge is 2.55. The summed E-state index contributed by atoms with van der Waals surface area (Å²) >= 11 is 0. The molecule has 0 radical (unpaired) electrons. The van der Waals surface area contributed by atoms with E-state index < -0.39 is 30.6 Å². The van der Waals surface area contributed by atoms with E-state index >= 15 is 0 Å². The number of aromatic nitrogens is 1. The molecule has 1 amide bonds. The molecular formula is C18H24F3N3O3. The third kappa shape index (κ3) is 3.75. The zero-order valence-electron chi connectivity index (χ0n) is 15.1. The Balaban J connectivity index is 1.98. The second-order valence-electron chi connectivity index (χ2n) is 7.19. The minimum atomic E-state index is -4.35. The molecule has 3 heterocycles. The molecule has 2 aliphatic rings. The van der Waals surface area contributed by atoms with Gasteiger partial charge in [-0.25, -0.2) is 0 Å². The maximum Gasteiger partial charge on any atom is 0.390 e. The fourth-order valence-electron chi connectivity index (χ4n) is 4.43. The van der Waals surface area contributed by atoms with Crippen LogP contribution < -0.4 is 10.9 Å². The molecule has 0 saturated carbocycles. The summed E-state index contributed by atoms with van der Waals surface area (Å²) in [5, 5.41) is 12.7. The van der Waals surface area contributed by atoms with Gasteiger partial charge in [-0.05, 0) is 12.5 Å². The summed E-state index contributed by atoms with van der Waals surface area (Å²) in [6, 6.07) is 3.37. The number of aliphatic hydroxyl groups excluding tert-OH is 1. The van der Waals surface area contributed by atoms with Crippen molar-refractivity contribution in [2.45, 2.75) is 44.6 Å². The van der Waals surface area contributed by atoms with Gasteiger partial charge in [0, 0.05) is 49.8 Å². The van der Waals surface area contributed by atoms with Crippen molar-refractivity contribution in [3.05, 3.63) is 34.2 Å². The number of nitrogens with one attached hydrogen (secondary N) is 1. The molecule has 1 aromatic rings. The van der Waals surface area contributed by atoms with Crippen LogP contribution in [-0.4, -0.2) is 52.4 Å². The molecule has 2 aliphatic heterocycles. The number of rotatable bonds is 6. The number of aliphatic hydroxyl groups is 1. The number of hydrogen-bond acceptors (Lipinski definition) is 4. The second kappa shape index (κ2) is 7.63. The van der Waals surface area contributed by atoms with Gasteiger partial charge in [0.25, 0.3) is 5.56 Å². The standard InChI is InChI=1S/C18H24F3N3O3/c1-2-7-22-17(27)16-12(10-25)11-9-24-13(4-3-5-14(24)26)15(11)23(16)8-6-18(19,20)21/h3-5,11-12,15-16,25H,2,6-10H2,1H3,(H,22,27)/t11-,12-,15+,16-/m0/s1. The first kappa shape index (κ1) is 19.9. The summed E-state index contributed by atoms with van der Waals surface area (Å²) in [5.74, 6) is -1.17. The zero-order valence-corrected chi connectivity index (χ0v) is 15.1. The Bertz CT molecular complexity index is 749. The summed E-state index contributed by atoms with van der Waals surface area (Å²) < 4.78 is 40.2. The molecular weight excluding hydrogens is 363 g/mol. The number of amides is 1. The lowest BCUT2D eigenvalue weighted by Gasteiger charge is -2.31. The van der Waals surface area contributed by atoms with Gasteiger partial charge in [0.05, 0.1) is 18.5 Å². The molecule has 0 aromatic carbocycles. The van der Waals surface area contributed by atoms with Crippen LogP contribution in [0.2, 0.25) is 0 Å². The van der Waals surface area contributed by atoms with E-state index in [0.29, 0.717) is 25.2 Å². The van der Waals surface area contributed by atoms with Crippen molar-refractivity contribution in [1.82, 2.24) is 14.8 Å². The van der Waals surface area contributed by atoms with Gasteiger partial charge in [0.1, 0.15) is 0 Å². The van der Waals surface area contributed by atoms with Crippen LogP contribution in [0.1, 0.15) is 31.5 Å². The molecule has 27 heavy (non-hydrogen) atoms. The largest absolute Gasteiger partial charge is 0.396 e. The average molecular weight is 387 g/mol. The highest BCUT2D eigenvalue weighted by atomic mass is 19.4. The number of fused-ring (bicyclic) bond motifs is 3. The number of halogens is 3. The van der Waals surface area contributed by atoms with Crippen molar-refractivity contribution in [1.29, 1.82) is 0 Å². The molecule has 1 fully saturated rings. The fraction of sp³-hybridized carbons (Fsp3) is 0.667. The number of hydrogen-bond donors (Lipinski definition) is 2. The highest BCUT2D eigenvalue weighted by molar-refractivity contribution is 5.82. The number of carbonyl (C=O) groups is 1. The average Bonchev–Trinajstić information content (AvgIpc) is 3.12. The molecule has 9 heteroatoms. The Kier molecular flexibility index (Phi) is 5.62. The Morgan fingerprint density at radius 1 is 1.37 bits per heavy atom. The van der Waals surface area contributed by atoms with Gasteiger partial charge in [-0.3, -0.25) is 14.5 Å². The van der Waals surface area contributed by atoms with Crippen molar-refractivity contribution in [3.8, 4) is 0 Å². The topological polar surface area (TPSA) is 74.6 Å². The smallest absolute Gasteiger partial charge is 0.390 e. The summed E-state index contributed by atoms with van der Waals surface area (Å²) in [5.41, 5.74) is 0.389. The monoisotopic (exact) mass is 387 g/mol. The molecule has 0 bridgehead atoms. The molecule has 1 aromatic heterocycles. The summed E-state index contributed by atoms with van der Waals surface area (Å²) in [7, 11) is 0. The molecule has 150 valence electrons. The maximum atomic E-state index is 12.9. The molecule has 0 unspecified atom stereocenters. The molecule has 6 nitrogen and oxygen atoms in total. The minimum Gasteiger partial charge on any atom is -0.396 e. The van der Waals surface area contributed by atoms with Crippen molar-refractivity contribution in [2.24, 2.45) is 11.8 Å². The number of pyridine rings is 1. The van der Waals surface area contributed by atoms with Gasteiger partial charge in [-0.15, -0.1) is 0 Å². The van der Waals surface area contributed by atoms with Crippen molar-refractivity contribution in [2.75, 3.05) is 19.7 Å². The van der Waals surface area contributed by atoms with Crippen LogP contribution in [0, 0.1) is 11.8 Å². The molecule has 1 saturated heterocycles. The van der Waals surface area contributed by atoms with Crippen molar-refractivity contribution in [3.63, 3.8) is 0 Å². The van der Waals surface area contributed by atoms with Gasteiger partial charge in [-0.1, -0.05) is 13.0 Å². The number of likely N-dealkylation sites (tertiary alicyclic amines) is 1. The molecule has 2 N–H and O–H groups in total. The van der Waals surface area contributed by atoms with E-state index in [1.165, 1.54) is 11.0 Å². The second-order valence-corrected chi connectivity index (χ2v) is 7.19. The summed E-state index contributed by atoms with van der Waals surface area (Å²) in [4.78, 5) is 26.4. The Hall–Kier alpha value is -1.87. The first-order valence-corrected chi connectivity index (χ1v) is 9.19. The van der Waals surface area contributed by atoms with Crippen LogP contribution in [0.15, 0.2) is 23.0 Å². The lowest BCUT2D eigenvalue weighted by atomic mass is 9.88.